The third kappa shape index (κ3) is 3.90. The van der Waals surface area contributed by atoms with Gasteiger partial charge in [0.15, 0.2) is 0 Å². The Morgan fingerprint density at radius 3 is 2.68 bits per heavy atom. The standard InChI is InChI=1S/C20H21N3O5/c1-27-14-5-3-4-12(8-14)11-23-17(10-18(24)28-2)19(25)22-16-9-13(21)6-7-15(16)20(23)26/h3-9,17H,10-11,21H2,1-2H3,(H,22,25)/t17-/m0/s1. The maximum atomic E-state index is 13.2. The zero-order chi connectivity index (χ0) is 20.3. The fourth-order valence-electron chi connectivity index (χ4n) is 3.10. The average molecular weight is 383 g/mol. The molecule has 2 amide bonds. The highest BCUT2D eigenvalue weighted by Crippen LogP contribution is 2.28. The van der Waals surface area contributed by atoms with Crippen LogP contribution in [0.3, 0.4) is 0 Å². The van der Waals surface area contributed by atoms with E-state index in [-0.39, 0.29) is 18.9 Å². The predicted octanol–water partition coefficient (Wildman–Crippen LogP) is 1.80. The number of carbonyl (C=O) groups excluding carboxylic acids is 3. The summed E-state index contributed by atoms with van der Waals surface area (Å²) in [6, 6.07) is 10.8. The van der Waals surface area contributed by atoms with E-state index in [0.717, 1.165) is 5.56 Å². The first kappa shape index (κ1) is 19.2. The Bertz CT molecular complexity index is 928. The van der Waals surface area contributed by atoms with Gasteiger partial charge in [-0.05, 0) is 35.9 Å². The van der Waals surface area contributed by atoms with E-state index in [1.165, 1.54) is 18.1 Å². The number of hydrogen-bond donors (Lipinski definition) is 2. The van der Waals surface area contributed by atoms with Gasteiger partial charge in [0.05, 0.1) is 31.9 Å². The van der Waals surface area contributed by atoms with E-state index in [1.54, 1.807) is 37.4 Å². The number of rotatable bonds is 5. The van der Waals surface area contributed by atoms with Gasteiger partial charge in [0.2, 0.25) is 5.91 Å². The number of nitrogens with two attached hydrogens (primary N) is 1. The largest absolute Gasteiger partial charge is 0.497 e. The van der Waals surface area contributed by atoms with Gasteiger partial charge in [-0.1, -0.05) is 12.1 Å². The van der Waals surface area contributed by atoms with Gasteiger partial charge < -0.3 is 25.4 Å². The minimum absolute atomic E-state index is 0.120. The maximum absolute atomic E-state index is 13.2. The molecule has 0 saturated heterocycles. The Labute approximate surface area is 162 Å². The molecule has 0 unspecified atom stereocenters. The first-order valence-electron chi connectivity index (χ1n) is 8.64. The smallest absolute Gasteiger partial charge is 0.308 e. The number of nitrogens with one attached hydrogen (secondary N) is 1. The number of nitrogen functional groups attached to an aromatic ring is 1. The second-order valence-electron chi connectivity index (χ2n) is 6.37. The molecule has 8 nitrogen and oxygen atoms in total. The molecule has 0 aromatic heterocycles. The van der Waals surface area contributed by atoms with Crippen molar-refractivity contribution >= 4 is 29.2 Å². The number of anilines is 2. The third-order valence-corrected chi connectivity index (χ3v) is 4.55. The Hall–Kier alpha value is -3.55. The summed E-state index contributed by atoms with van der Waals surface area (Å²) >= 11 is 0. The van der Waals surface area contributed by atoms with Gasteiger partial charge in [-0.2, -0.15) is 0 Å². The molecule has 2 aromatic carbocycles. The first-order chi connectivity index (χ1) is 13.4. The van der Waals surface area contributed by atoms with E-state index >= 15 is 0 Å². The molecule has 8 heteroatoms. The van der Waals surface area contributed by atoms with Crippen LogP contribution in [0.5, 0.6) is 5.75 Å². The summed E-state index contributed by atoms with van der Waals surface area (Å²) in [5, 5.41) is 2.70. The van der Waals surface area contributed by atoms with Crippen LogP contribution in [0, 0.1) is 0 Å². The predicted molar refractivity (Wildman–Crippen MR) is 103 cm³/mol. The van der Waals surface area contributed by atoms with Crippen LogP contribution in [0.1, 0.15) is 22.3 Å². The van der Waals surface area contributed by atoms with Crippen LogP contribution < -0.4 is 15.8 Å². The van der Waals surface area contributed by atoms with E-state index in [1.807, 2.05) is 6.07 Å². The first-order valence-corrected chi connectivity index (χ1v) is 8.64. The lowest BCUT2D eigenvalue weighted by molar-refractivity contribution is -0.143. The molecular weight excluding hydrogens is 362 g/mol. The van der Waals surface area contributed by atoms with E-state index in [9.17, 15) is 14.4 Å². The molecule has 0 fully saturated rings. The molecule has 0 spiro atoms. The molecule has 0 saturated carbocycles. The Morgan fingerprint density at radius 2 is 1.96 bits per heavy atom. The van der Waals surface area contributed by atoms with Gasteiger partial charge in [-0.15, -0.1) is 0 Å². The molecule has 3 rings (SSSR count). The lowest BCUT2D eigenvalue weighted by Crippen LogP contribution is -2.46. The van der Waals surface area contributed by atoms with Gasteiger partial charge in [0.1, 0.15) is 11.8 Å². The summed E-state index contributed by atoms with van der Waals surface area (Å²) < 4.78 is 9.94. The van der Waals surface area contributed by atoms with Crippen LogP contribution in [0.2, 0.25) is 0 Å². The minimum Gasteiger partial charge on any atom is -0.497 e. The zero-order valence-electron chi connectivity index (χ0n) is 15.6. The van der Waals surface area contributed by atoms with Crippen molar-refractivity contribution in [1.82, 2.24) is 4.90 Å². The quantitative estimate of drug-likeness (QED) is 0.602. The molecular formula is C20H21N3O5. The summed E-state index contributed by atoms with van der Waals surface area (Å²) in [5.41, 5.74) is 7.58. The van der Waals surface area contributed by atoms with Crippen LogP contribution in [0.4, 0.5) is 11.4 Å². The molecule has 1 aliphatic heterocycles. The number of carbonyl (C=O) groups is 3. The van der Waals surface area contributed by atoms with Crippen molar-refractivity contribution in [2.75, 3.05) is 25.3 Å². The Morgan fingerprint density at radius 1 is 1.18 bits per heavy atom. The molecule has 0 bridgehead atoms. The van der Waals surface area contributed by atoms with Crippen molar-refractivity contribution < 1.29 is 23.9 Å². The number of ether oxygens (including phenoxy) is 2. The number of esters is 1. The van der Waals surface area contributed by atoms with Gasteiger partial charge >= 0.3 is 5.97 Å². The summed E-state index contributed by atoms with van der Waals surface area (Å²) in [4.78, 5) is 39.3. The van der Waals surface area contributed by atoms with Crippen LogP contribution >= 0.6 is 0 Å². The molecule has 1 heterocycles. The van der Waals surface area contributed by atoms with Crippen LogP contribution in [0.15, 0.2) is 42.5 Å². The van der Waals surface area contributed by atoms with Crippen LogP contribution in [0.25, 0.3) is 0 Å². The zero-order valence-corrected chi connectivity index (χ0v) is 15.6. The number of methoxy groups -OCH3 is 2. The number of hydrogen-bond acceptors (Lipinski definition) is 6. The molecule has 2 aromatic rings. The van der Waals surface area contributed by atoms with E-state index in [0.29, 0.717) is 22.7 Å². The summed E-state index contributed by atoms with van der Waals surface area (Å²) in [7, 11) is 2.78. The highest BCUT2D eigenvalue weighted by Gasteiger charge is 2.37. The summed E-state index contributed by atoms with van der Waals surface area (Å²) in [5.74, 6) is -0.827. The lowest BCUT2D eigenvalue weighted by atomic mass is 10.1. The monoisotopic (exact) mass is 383 g/mol. The fraction of sp³-hybridized carbons (Fsp3) is 0.250. The second-order valence-corrected chi connectivity index (χ2v) is 6.37. The molecule has 0 aliphatic carbocycles. The third-order valence-electron chi connectivity index (χ3n) is 4.55. The SMILES string of the molecule is COC(=O)C[C@H]1C(=O)Nc2cc(N)ccc2C(=O)N1Cc1cccc(OC)c1. The number of nitrogens with zero attached hydrogens (tertiary/aromatic N) is 1. The van der Waals surface area contributed by atoms with Crippen LogP contribution in [-0.4, -0.2) is 42.9 Å². The molecule has 1 aliphatic rings. The molecule has 0 radical (unpaired) electrons. The summed E-state index contributed by atoms with van der Waals surface area (Å²) in [6.07, 6.45) is -0.262. The van der Waals surface area contributed by atoms with Gasteiger partial charge in [-0.25, -0.2) is 0 Å². The minimum atomic E-state index is -1.03. The van der Waals surface area contributed by atoms with E-state index in [2.05, 4.69) is 5.32 Å². The Balaban J connectivity index is 2.03. The van der Waals surface area contributed by atoms with Crippen molar-refractivity contribution in [2.24, 2.45) is 0 Å². The number of benzene rings is 2. The molecule has 28 heavy (non-hydrogen) atoms. The van der Waals surface area contributed by atoms with Crippen molar-refractivity contribution in [3.8, 4) is 5.75 Å². The summed E-state index contributed by atoms with van der Waals surface area (Å²) in [6.45, 7) is 0.120. The average Bonchev–Trinajstić information content (AvgIpc) is 2.78. The highest BCUT2D eigenvalue weighted by molar-refractivity contribution is 6.11. The second kappa shape index (κ2) is 7.99. The number of amides is 2. The van der Waals surface area contributed by atoms with Gasteiger partial charge in [0.25, 0.3) is 5.91 Å². The van der Waals surface area contributed by atoms with Crippen LogP contribution in [-0.2, 0) is 20.9 Å². The fourth-order valence-corrected chi connectivity index (χ4v) is 3.10. The van der Waals surface area contributed by atoms with Crippen molar-refractivity contribution in [1.29, 1.82) is 0 Å². The number of fused-ring (bicyclic) bond motifs is 1. The van der Waals surface area contributed by atoms with Gasteiger partial charge in [-0.3, -0.25) is 14.4 Å². The highest BCUT2D eigenvalue weighted by atomic mass is 16.5. The van der Waals surface area contributed by atoms with E-state index < -0.39 is 17.9 Å². The van der Waals surface area contributed by atoms with Crippen molar-refractivity contribution in [3.63, 3.8) is 0 Å². The maximum Gasteiger partial charge on any atom is 0.308 e. The molecule has 146 valence electrons. The lowest BCUT2D eigenvalue weighted by Gasteiger charge is -2.28. The van der Waals surface area contributed by atoms with E-state index in [4.69, 9.17) is 15.2 Å². The normalized spacial score (nSPS) is 16.1. The molecule has 3 N–H and O–H groups in total. The van der Waals surface area contributed by atoms with Crippen molar-refractivity contribution in [2.45, 2.75) is 19.0 Å². The topological polar surface area (TPSA) is 111 Å². The Kier molecular flexibility index (Phi) is 5.49. The molecule has 1 atom stereocenters. The van der Waals surface area contributed by atoms with Gasteiger partial charge in [0, 0.05) is 12.2 Å². The van der Waals surface area contributed by atoms with Crippen molar-refractivity contribution in [3.05, 3.63) is 53.6 Å².